The van der Waals surface area contributed by atoms with E-state index < -0.39 is 0 Å². The van der Waals surface area contributed by atoms with Gasteiger partial charge in [0.05, 0.1) is 12.2 Å². The van der Waals surface area contributed by atoms with Crippen molar-refractivity contribution in [2.45, 2.75) is 13.5 Å². The van der Waals surface area contributed by atoms with Gasteiger partial charge in [-0.3, -0.25) is 4.79 Å². The molecule has 0 atom stereocenters. The highest BCUT2D eigenvalue weighted by Crippen LogP contribution is 2.16. The molecule has 3 aromatic rings. The number of aryl methyl sites for hydroxylation is 1. The Morgan fingerprint density at radius 3 is 2.32 bits per heavy atom. The van der Waals surface area contributed by atoms with Crippen molar-refractivity contribution in [3.05, 3.63) is 87.2 Å². The zero-order chi connectivity index (χ0) is 15.5. The fourth-order valence-electron chi connectivity index (χ4n) is 2.20. The lowest BCUT2D eigenvalue weighted by atomic mass is 10.1. The third-order valence-electron chi connectivity index (χ3n) is 3.46. The Morgan fingerprint density at radius 1 is 0.955 bits per heavy atom. The highest BCUT2D eigenvalue weighted by Gasteiger charge is 2.04. The van der Waals surface area contributed by atoms with E-state index in [-0.39, 0.29) is 5.56 Å². The molecule has 0 bridgehead atoms. The van der Waals surface area contributed by atoms with Crippen LogP contribution in [0.2, 0.25) is 5.02 Å². The Hall–Kier alpha value is -2.39. The molecule has 0 N–H and O–H groups in total. The first-order valence-electron chi connectivity index (χ1n) is 7.01. The third kappa shape index (κ3) is 3.26. The highest BCUT2D eigenvalue weighted by molar-refractivity contribution is 6.30. The van der Waals surface area contributed by atoms with E-state index >= 15 is 0 Å². The lowest BCUT2D eigenvalue weighted by Crippen LogP contribution is -2.22. The molecule has 0 unspecified atom stereocenters. The van der Waals surface area contributed by atoms with Crippen molar-refractivity contribution in [3.63, 3.8) is 0 Å². The summed E-state index contributed by atoms with van der Waals surface area (Å²) in [6.45, 7) is 2.47. The van der Waals surface area contributed by atoms with Gasteiger partial charge in [0.25, 0.3) is 5.56 Å². The van der Waals surface area contributed by atoms with Crippen molar-refractivity contribution in [2.75, 3.05) is 0 Å². The van der Waals surface area contributed by atoms with Crippen molar-refractivity contribution in [1.29, 1.82) is 0 Å². The topological polar surface area (TPSA) is 34.9 Å². The summed E-state index contributed by atoms with van der Waals surface area (Å²) in [6.07, 6.45) is 0. The van der Waals surface area contributed by atoms with Gasteiger partial charge < -0.3 is 0 Å². The van der Waals surface area contributed by atoms with E-state index in [0.717, 1.165) is 16.8 Å². The molecule has 0 aliphatic rings. The van der Waals surface area contributed by atoms with Crippen LogP contribution in [0.25, 0.3) is 11.3 Å². The molecule has 0 radical (unpaired) electrons. The molecule has 0 spiro atoms. The summed E-state index contributed by atoms with van der Waals surface area (Å²) < 4.78 is 1.47. The second-order valence-corrected chi connectivity index (χ2v) is 5.64. The van der Waals surface area contributed by atoms with E-state index in [9.17, 15) is 4.79 Å². The van der Waals surface area contributed by atoms with Crippen molar-refractivity contribution in [3.8, 4) is 11.3 Å². The van der Waals surface area contributed by atoms with Crippen molar-refractivity contribution < 1.29 is 0 Å². The molecule has 0 saturated heterocycles. The van der Waals surface area contributed by atoms with Gasteiger partial charge >= 0.3 is 0 Å². The van der Waals surface area contributed by atoms with Crippen LogP contribution in [-0.2, 0) is 6.54 Å². The van der Waals surface area contributed by atoms with Crippen LogP contribution in [0.4, 0.5) is 0 Å². The molecule has 3 nitrogen and oxygen atoms in total. The van der Waals surface area contributed by atoms with Gasteiger partial charge in [0, 0.05) is 16.7 Å². The molecule has 2 aromatic carbocycles. The third-order valence-corrected chi connectivity index (χ3v) is 3.71. The summed E-state index contributed by atoms with van der Waals surface area (Å²) >= 11 is 5.88. The van der Waals surface area contributed by atoms with Gasteiger partial charge in [0.15, 0.2) is 0 Å². The van der Waals surface area contributed by atoms with E-state index in [1.807, 2.05) is 55.5 Å². The first kappa shape index (κ1) is 14.5. The van der Waals surface area contributed by atoms with Gasteiger partial charge in [-0.2, -0.15) is 5.10 Å². The molecule has 0 fully saturated rings. The molecular weight excluding hydrogens is 296 g/mol. The molecule has 1 aromatic heterocycles. The Balaban J connectivity index is 1.94. The quantitative estimate of drug-likeness (QED) is 0.735. The summed E-state index contributed by atoms with van der Waals surface area (Å²) in [5.74, 6) is 0. The van der Waals surface area contributed by atoms with Gasteiger partial charge in [-0.1, -0.05) is 53.6 Å². The van der Waals surface area contributed by atoms with Crippen molar-refractivity contribution in [1.82, 2.24) is 9.78 Å². The number of hydrogen-bond acceptors (Lipinski definition) is 2. The van der Waals surface area contributed by atoms with Crippen LogP contribution in [0.3, 0.4) is 0 Å². The maximum absolute atomic E-state index is 12.0. The SMILES string of the molecule is Cc1ccc(-c2ccc(=O)n(Cc3ccc(Cl)cc3)n2)cc1. The number of rotatable bonds is 3. The molecule has 110 valence electrons. The number of nitrogens with zero attached hydrogens (tertiary/aromatic N) is 2. The van der Waals surface area contributed by atoms with Gasteiger partial charge in [-0.05, 0) is 30.7 Å². The molecule has 4 heteroatoms. The normalized spacial score (nSPS) is 10.6. The molecule has 1 heterocycles. The molecular formula is C18H15ClN2O. The predicted octanol–water partition coefficient (Wildman–Crippen LogP) is 3.92. The smallest absolute Gasteiger partial charge is 0.267 e. The molecule has 22 heavy (non-hydrogen) atoms. The van der Waals surface area contributed by atoms with E-state index in [2.05, 4.69) is 5.10 Å². The lowest BCUT2D eigenvalue weighted by molar-refractivity contribution is 0.643. The maximum atomic E-state index is 12.0. The fraction of sp³-hybridized carbons (Fsp3) is 0.111. The van der Waals surface area contributed by atoms with Crippen LogP contribution >= 0.6 is 11.6 Å². The summed E-state index contributed by atoms with van der Waals surface area (Å²) in [5, 5.41) is 5.14. The van der Waals surface area contributed by atoms with Crippen LogP contribution in [0.5, 0.6) is 0 Å². The summed E-state index contributed by atoms with van der Waals surface area (Å²) in [4.78, 5) is 12.0. The average Bonchev–Trinajstić information content (AvgIpc) is 2.52. The zero-order valence-electron chi connectivity index (χ0n) is 12.2. The van der Waals surface area contributed by atoms with Crippen LogP contribution < -0.4 is 5.56 Å². The maximum Gasteiger partial charge on any atom is 0.267 e. The zero-order valence-corrected chi connectivity index (χ0v) is 12.9. The fourth-order valence-corrected chi connectivity index (χ4v) is 2.33. The van der Waals surface area contributed by atoms with E-state index in [1.54, 1.807) is 12.1 Å². The van der Waals surface area contributed by atoms with Gasteiger partial charge in [0.2, 0.25) is 0 Å². The van der Waals surface area contributed by atoms with E-state index in [0.29, 0.717) is 11.6 Å². The first-order chi connectivity index (χ1) is 10.6. The standard InChI is InChI=1S/C18H15ClN2O/c1-13-2-6-15(7-3-13)17-10-11-18(22)21(20-17)12-14-4-8-16(19)9-5-14/h2-11H,12H2,1H3. The van der Waals surface area contributed by atoms with Crippen molar-refractivity contribution >= 4 is 11.6 Å². The monoisotopic (exact) mass is 310 g/mol. The number of halogens is 1. The summed E-state index contributed by atoms with van der Waals surface area (Å²) in [7, 11) is 0. The number of benzene rings is 2. The summed E-state index contributed by atoms with van der Waals surface area (Å²) in [6, 6.07) is 18.8. The van der Waals surface area contributed by atoms with Crippen LogP contribution in [-0.4, -0.2) is 9.78 Å². The minimum atomic E-state index is -0.120. The van der Waals surface area contributed by atoms with Crippen LogP contribution in [0, 0.1) is 6.92 Å². The second-order valence-electron chi connectivity index (χ2n) is 5.21. The van der Waals surface area contributed by atoms with E-state index in [1.165, 1.54) is 10.2 Å². The van der Waals surface area contributed by atoms with Gasteiger partial charge in [0.1, 0.15) is 0 Å². The van der Waals surface area contributed by atoms with Crippen molar-refractivity contribution in [2.24, 2.45) is 0 Å². The molecule has 0 aliphatic carbocycles. The minimum absolute atomic E-state index is 0.120. The molecule has 0 saturated carbocycles. The Labute approximate surface area is 133 Å². The first-order valence-corrected chi connectivity index (χ1v) is 7.39. The molecule has 0 aliphatic heterocycles. The number of hydrogen-bond donors (Lipinski definition) is 0. The van der Waals surface area contributed by atoms with Crippen LogP contribution in [0.15, 0.2) is 65.5 Å². The summed E-state index contributed by atoms with van der Waals surface area (Å²) in [5.41, 5.74) is 3.84. The van der Waals surface area contributed by atoms with Gasteiger partial charge in [-0.15, -0.1) is 0 Å². The van der Waals surface area contributed by atoms with Gasteiger partial charge in [-0.25, -0.2) is 4.68 Å². The minimum Gasteiger partial charge on any atom is -0.268 e. The Bertz CT molecular complexity index is 836. The lowest BCUT2D eigenvalue weighted by Gasteiger charge is -2.08. The largest absolute Gasteiger partial charge is 0.268 e. The van der Waals surface area contributed by atoms with Crippen LogP contribution in [0.1, 0.15) is 11.1 Å². The Morgan fingerprint density at radius 2 is 1.64 bits per heavy atom. The number of aromatic nitrogens is 2. The second kappa shape index (κ2) is 6.16. The highest BCUT2D eigenvalue weighted by atomic mass is 35.5. The molecule has 0 amide bonds. The Kier molecular flexibility index (Phi) is 4.07. The molecule has 3 rings (SSSR count). The predicted molar refractivity (Wildman–Crippen MR) is 89.2 cm³/mol. The van der Waals surface area contributed by atoms with E-state index in [4.69, 9.17) is 11.6 Å². The average molecular weight is 311 g/mol.